The average Bonchev–Trinajstić information content (AvgIpc) is 2.08. The third-order valence-corrected chi connectivity index (χ3v) is 1.04. The van der Waals surface area contributed by atoms with Crippen LogP contribution < -0.4 is 0 Å². The predicted octanol–water partition coefficient (Wildman–Crippen LogP) is -0.805. The molecule has 4 nitrogen and oxygen atoms in total. The van der Waals surface area contributed by atoms with E-state index in [1.54, 1.807) is 6.42 Å². The number of rotatable bonds is 5. The Bertz CT molecular complexity index is 71.6. The molecular formula is C6H13CrO4-. The Morgan fingerprint density at radius 1 is 1.36 bits per heavy atom. The van der Waals surface area contributed by atoms with E-state index >= 15 is 0 Å². The van der Waals surface area contributed by atoms with Crippen LogP contribution >= 0.6 is 0 Å². The number of hydrogen-bond acceptors (Lipinski definition) is 4. The maximum atomic E-state index is 8.73. The molecule has 0 aromatic heterocycles. The van der Waals surface area contributed by atoms with E-state index in [9.17, 15) is 0 Å². The van der Waals surface area contributed by atoms with E-state index in [-0.39, 0.29) is 13.2 Å². The molecule has 0 radical (unpaired) electrons. The Labute approximate surface area is 74.5 Å². The molecule has 0 rings (SSSR count). The van der Waals surface area contributed by atoms with Crippen LogP contribution in [0.15, 0.2) is 0 Å². The molecule has 1 unspecified atom stereocenters. The van der Waals surface area contributed by atoms with Gasteiger partial charge >= 0.3 is 20.0 Å². The Balaban J connectivity index is 0. The second-order valence-corrected chi connectivity index (χ2v) is 1.88. The summed E-state index contributed by atoms with van der Waals surface area (Å²) in [6, 6.07) is 0. The van der Waals surface area contributed by atoms with Gasteiger partial charge < -0.3 is 21.7 Å². The zero-order chi connectivity index (χ0) is 9.11. The van der Waals surface area contributed by atoms with Gasteiger partial charge in [0.1, 0.15) is 0 Å². The maximum absolute atomic E-state index is 8.73. The summed E-state index contributed by atoms with van der Waals surface area (Å²) in [4.78, 5) is 0. The minimum atomic E-state index is -0.632. The van der Waals surface area contributed by atoms with Gasteiger partial charge in [0.2, 0.25) is 0 Å². The van der Waals surface area contributed by atoms with E-state index in [4.69, 9.17) is 19.1 Å². The first kappa shape index (κ1) is 13.8. The number of aliphatic hydroxyl groups is 3. The molecular weight excluding hydrogens is 188 g/mol. The fourth-order valence-electron chi connectivity index (χ4n) is 0.493. The van der Waals surface area contributed by atoms with Gasteiger partial charge in [-0.25, -0.2) is 0 Å². The molecule has 3 N–H and O–H groups in total. The van der Waals surface area contributed by atoms with Crippen LogP contribution in [0.1, 0.15) is 12.8 Å². The molecule has 0 aliphatic heterocycles. The molecule has 5 heteroatoms. The Kier molecular flexibility index (Phi) is 16.1. The van der Waals surface area contributed by atoms with Crippen LogP contribution in [0.25, 0.3) is 0 Å². The first-order chi connectivity index (χ1) is 5.31. The summed E-state index contributed by atoms with van der Waals surface area (Å²) in [5.41, 5.74) is 0. The first-order valence-electron chi connectivity index (χ1n) is 3.19. The quantitative estimate of drug-likeness (QED) is 0.402. The fourth-order valence-corrected chi connectivity index (χ4v) is 0.493. The van der Waals surface area contributed by atoms with Crippen molar-refractivity contribution in [3.8, 4) is 0 Å². The molecule has 0 spiro atoms. The van der Waals surface area contributed by atoms with Gasteiger partial charge in [-0.1, -0.05) is 13.0 Å². The summed E-state index contributed by atoms with van der Waals surface area (Å²) in [6.07, 6.45) is 2.20. The Morgan fingerprint density at radius 3 is 2.27 bits per heavy atom. The minimum absolute atomic E-state index is 0.0398. The molecule has 0 aromatic carbocycles. The van der Waals surface area contributed by atoms with Gasteiger partial charge in [-0.05, 0) is 0 Å². The molecule has 0 fully saturated rings. The van der Waals surface area contributed by atoms with Gasteiger partial charge in [0.15, 0.2) is 0 Å². The van der Waals surface area contributed by atoms with E-state index < -0.39 is 6.10 Å². The van der Waals surface area contributed by atoms with E-state index in [2.05, 4.69) is 0 Å². The van der Waals surface area contributed by atoms with Gasteiger partial charge in [-0.3, -0.25) is 0 Å². The van der Waals surface area contributed by atoms with E-state index in [0.717, 1.165) is 0 Å². The van der Waals surface area contributed by atoms with Crippen LogP contribution in [0.2, 0.25) is 0 Å². The van der Waals surface area contributed by atoms with Gasteiger partial charge in [-0.15, -0.1) is 0 Å². The van der Waals surface area contributed by atoms with Crippen molar-refractivity contribution in [2.24, 2.45) is 0 Å². The van der Waals surface area contributed by atoms with E-state index in [1.165, 1.54) is 16.2 Å². The SMILES string of the molecule is OC[CH-]CCC(O)CO.[O]=[Cr]. The zero-order valence-corrected chi connectivity index (χ0v) is 7.42. The zero-order valence-electron chi connectivity index (χ0n) is 6.14. The first-order valence-corrected chi connectivity index (χ1v) is 3.71. The van der Waals surface area contributed by atoms with Crippen molar-refractivity contribution < 1.29 is 35.3 Å². The molecule has 11 heavy (non-hydrogen) atoms. The fraction of sp³-hybridized carbons (Fsp3) is 0.833. The van der Waals surface area contributed by atoms with Crippen molar-refractivity contribution in [1.29, 1.82) is 0 Å². The second-order valence-electron chi connectivity index (χ2n) is 1.88. The summed E-state index contributed by atoms with van der Waals surface area (Å²) in [6.45, 7) is -0.155. The average molecular weight is 201 g/mol. The van der Waals surface area contributed by atoms with E-state index in [0.29, 0.717) is 12.8 Å². The summed E-state index contributed by atoms with van der Waals surface area (Å²) in [5, 5.41) is 25.3. The van der Waals surface area contributed by atoms with Crippen molar-refractivity contribution in [3.05, 3.63) is 6.42 Å². The third kappa shape index (κ3) is 13.2. The molecule has 0 heterocycles. The van der Waals surface area contributed by atoms with Crippen LogP contribution in [0.4, 0.5) is 0 Å². The van der Waals surface area contributed by atoms with Gasteiger partial charge in [-0.2, -0.15) is 6.42 Å². The molecule has 0 aliphatic carbocycles. The van der Waals surface area contributed by atoms with Crippen molar-refractivity contribution in [3.63, 3.8) is 0 Å². The summed E-state index contributed by atoms with van der Waals surface area (Å²) >= 11 is 1.38. The van der Waals surface area contributed by atoms with Crippen molar-refractivity contribution >= 4 is 0 Å². The van der Waals surface area contributed by atoms with E-state index in [1.807, 2.05) is 0 Å². The van der Waals surface area contributed by atoms with Crippen molar-refractivity contribution in [1.82, 2.24) is 0 Å². The predicted molar refractivity (Wildman–Crippen MR) is 34.4 cm³/mol. The van der Waals surface area contributed by atoms with Crippen LogP contribution in [-0.2, 0) is 20.0 Å². The number of aliphatic hydroxyl groups excluding tert-OH is 3. The molecule has 0 aromatic rings. The molecule has 0 bridgehead atoms. The van der Waals surface area contributed by atoms with Crippen LogP contribution in [0.3, 0.4) is 0 Å². The molecule has 0 aliphatic rings. The topological polar surface area (TPSA) is 77.8 Å². The Morgan fingerprint density at radius 2 is 1.91 bits per heavy atom. The summed E-state index contributed by atoms with van der Waals surface area (Å²) < 4.78 is 8.12. The monoisotopic (exact) mass is 201 g/mol. The number of unbranched alkanes of at least 4 members (excludes halogenated alkanes) is 1. The summed E-state index contributed by atoms with van der Waals surface area (Å²) in [7, 11) is 0. The van der Waals surface area contributed by atoms with Crippen molar-refractivity contribution in [2.75, 3.05) is 13.2 Å². The second kappa shape index (κ2) is 12.9. The van der Waals surface area contributed by atoms with Gasteiger partial charge in [0.05, 0.1) is 12.7 Å². The molecule has 68 valence electrons. The normalized spacial score (nSPS) is 11.5. The molecule has 0 saturated carbocycles. The molecule has 1 atom stereocenters. The number of hydrogen-bond donors (Lipinski definition) is 3. The summed E-state index contributed by atoms with van der Waals surface area (Å²) in [5.74, 6) is 0. The standard InChI is InChI=1S/C6H13O3.Cr.O/c7-4-2-1-3-6(9)5-8;;/h2,6-9H,1,3-5H2;;/q-1;;. The Hall–Kier alpha value is 0.212. The van der Waals surface area contributed by atoms with Crippen LogP contribution in [-0.4, -0.2) is 34.6 Å². The van der Waals surface area contributed by atoms with Crippen LogP contribution in [0.5, 0.6) is 0 Å². The van der Waals surface area contributed by atoms with Gasteiger partial charge in [0.25, 0.3) is 0 Å². The third-order valence-electron chi connectivity index (χ3n) is 1.04. The van der Waals surface area contributed by atoms with Crippen molar-refractivity contribution in [2.45, 2.75) is 18.9 Å². The molecule has 0 amide bonds. The van der Waals surface area contributed by atoms with Gasteiger partial charge in [0, 0.05) is 0 Å². The van der Waals surface area contributed by atoms with Crippen LogP contribution in [0, 0.1) is 6.42 Å². The molecule has 0 saturated heterocycles.